The molecule has 0 heterocycles. The van der Waals surface area contributed by atoms with E-state index >= 15 is 0 Å². The highest BCUT2D eigenvalue weighted by Gasteiger charge is 2.27. The zero-order valence-corrected chi connectivity index (χ0v) is 39.1. The summed E-state index contributed by atoms with van der Waals surface area (Å²) in [4.78, 5) is 4.63. The summed E-state index contributed by atoms with van der Waals surface area (Å²) in [6.45, 7) is 15.9. The third kappa shape index (κ3) is 9.34. The van der Waals surface area contributed by atoms with Gasteiger partial charge in [0.25, 0.3) is 0 Å². The van der Waals surface area contributed by atoms with Gasteiger partial charge in [-0.25, -0.2) is 0 Å². The van der Waals surface area contributed by atoms with Crippen molar-refractivity contribution < 1.29 is 0 Å². The maximum atomic E-state index is 2.37. The highest BCUT2D eigenvalue weighted by molar-refractivity contribution is 5.80. The first-order valence-corrected chi connectivity index (χ1v) is 23.4. The molecule has 0 N–H and O–H groups in total. The second kappa shape index (κ2) is 19.4. The van der Waals surface area contributed by atoms with Gasteiger partial charge in [0.15, 0.2) is 0 Å². The lowest BCUT2D eigenvalue weighted by molar-refractivity contribution is 0.550. The van der Waals surface area contributed by atoms with E-state index in [4.69, 9.17) is 0 Å². The largest absolute Gasteiger partial charge is 0.345 e. The van der Waals surface area contributed by atoms with Gasteiger partial charge in [0.1, 0.15) is 0 Å². The number of anilines is 5. The van der Waals surface area contributed by atoms with Crippen LogP contribution in [0, 0.1) is 6.92 Å². The van der Waals surface area contributed by atoms with Gasteiger partial charge in [0.05, 0.1) is 0 Å². The summed E-state index contributed by atoms with van der Waals surface area (Å²) < 4.78 is 0. The van der Waals surface area contributed by atoms with Crippen LogP contribution in [0.1, 0.15) is 100 Å². The molecule has 322 valence electrons. The molecule has 0 fully saturated rings. The molecule has 0 saturated heterocycles. The molecule has 2 heteroatoms. The van der Waals surface area contributed by atoms with Gasteiger partial charge in [-0.05, 0) is 154 Å². The van der Waals surface area contributed by atoms with Gasteiger partial charge < -0.3 is 9.80 Å². The quantitative estimate of drug-likeness (QED) is 0.101. The van der Waals surface area contributed by atoms with Crippen LogP contribution in [0.4, 0.5) is 28.4 Å². The Morgan fingerprint density at radius 1 is 0.375 bits per heavy atom. The van der Waals surface area contributed by atoms with Crippen molar-refractivity contribution in [3.05, 3.63) is 222 Å². The van der Waals surface area contributed by atoms with E-state index in [-0.39, 0.29) is 5.41 Å². The summed E-state index contributed by atoms with van der Waals surface area (Å²) in [5, 5.41) is 0. The molecule has 8 aromatic rings. The molecule has 64 heavy (non-hydrogen) atoms. The van der Waals surface area contributed by atoms with Crippen molar-refractivity contribution in [3.8, 4) is 33.4 Å². The SMILES string of the molecule is CCC(C)c1ccc(N(C)c2ccc(-c3ccc(N(c4ccc(-c5ccc(C(C)(CC)c6ccc(-c7ccc(C)cc7)cc6)cc5)cc4)c4ccc(C(C)CC)cc4)cc3)cc2)cc1. The number of hydrogen-bond donors (Lipinski definition) is 0. The minimum atomic E-state index is -0.0883. The number of benzene rings is 8. The summed E-state index contributed by atoms with van der Waals surface area (Å²) in [7, 11) is 2.14. The van der Waals surface area contributed by atoms with Crippen molar-refractivity contribution in [3.63, 3.8) is 0 Å². The summed E-state index contributed by atoms with van der Waals surface area (Å²) in [5.74, 6) is 1.10. The van der Waals surface area contributed by atoms with Gasteiger partial charge >= 0.3 is 0 Å². The molecule has 8 aromatic carbocycles. The van der Waals surface area contributed by atoms with Crippen LogP contribution in [0.3, 0.4) is 0 Å². The molecule has 0 aliphatic carbocycles. The molecular weight excluding hydrogens is 773 g/mol. The predicted octanol–water partition coefficient (Wildman–Crippen LogP) is 18.0. The summed E-state index contributed by atoms with van der Waals surface area (Å²) >= 11 is 0. The van der Waals surface area contributed by atoms with Crippen molar-refractivity contribution in [1.29, 1.82) is 0 Å². The van der Waals surface area contributed by atoms with Crippen molar-refractivity contribution in [1.82, 2.24) is 0 Å². The molecule has 0 aliphatic heterocycles. The average molecular weight is 837 g/mol. The molecular formula is C62H64N2. The highest BCUT2D eigenvalue weighted by atomic mass is 15.1. The maximum Gasteiger partial charge on any atom is 0.0462 e. The van der Waals surface area contributed by atoms with Gasteiger partial charge in [-0.1, -0.05) is 181 Å². The molecule has 0 aromatic heterocycles. The Balaban J connectivity index is 1.02. The lowest BCUT2D eigenvalue weighted by Gasteiger charge is -2.30. The van der Waals surface area contributed by atoms with E-state index in [1.54, 1.807) is 0 Å². The lowest BCUT2D eigenvalue weighted by atomic mass is 9.74. The fourth-order valence-corrected chi connectivity index (χ4v) is 8.91. The fraction of sp³-hybridized carbons (Fsp3) is 0.226. The van der Waals surface area contributed by atoms with E-state index < -0.39 is 0 Å². The molecule has 0 bridgehead atoms. The third-order valence-corrected chi connectivity index (χ3v) is 14.1. The van der Waals surface area contributed by atoms with Crippen molar-refractivity contribution in [2.45, 2.75) is 85.0 Å². The van der Waals surface area contributed by atoms with Gasteiger partial charge in [0, 0.05) is 40.9 Å². The molecule has 0 saturated carbocycles. The van der Waals surface area contributed by atoms with E-state index in [9.17, 15) is 0 Å². The van der Waals surface area contributed by atoms with Crippen LogP contribution >= 0.6 is 0 Å². The Labute approximate surface area is 383 Å². The summed E-state index contributed by atoms with van der Waals surface area (Å²) in [5.41, 5.74) is 19.7. The first kappa shape index (κ1) is 44.0. The van der Waals surface area contributed by atoms with Gasteiger partial charge in [-0.3, -0.25) is 0 Å². The molecule has 0 radical (unpaired) electrons. The lowest BCUT2D eigenvalue weighted by Crippen LogP contribution is -2.22. The molecule has 0 spiro atoms. The number of hydrogen-bond acceptors (Lipinski definition) is 2. The topological polar surface area (TPSA) is 6.48 Å². The number of nitrogens with zero attached hydrogens (tertiary/aromatic N) is 2. The van der Waals surface area contributed by atoms with Gasteiger partial charge in [0.2, 0.25) is 0 Å². The minimum Gasteiger partial charge on any atom is -0.345 e. The van der Waals surface area contributed by atoms with Crippen LogP contribution in [0.2, 0.25) is 0 Å². The van der Waals surface area contributed by atoms with Crippen LogP contribution < -0.4 is 9.80 Å². The van der Waals surface area contributed by atoms with E-state index in [2.05, 4.69) is 259 Å². The van der Waals surface area contributed by atoms with Crippen LogP contribution in [-0.2, 0) is 5.41 Å². The monoisotopic (exact) mass is 837 g/mol. The van der Waals surface area contributed by atoms with Crippen LogP contribution in [0.5, 0.6) is 0 Å². The summed E-state index contributed by atoms with van der Waals surface area (Å²) in [6, 6.07) is 72.3. The number of aryl methyl sites for hydroxylation is 1. The maximum absolute atomic E-state index is 2.37. The second-order valence-electron chi connectivity index (χ2n) is 18.0. The van der Waals surface area contributed by atoms with Crippen LogP contribution in [0.15, 0.2) is 194 Å². The van der Waals surface area contributed by atoms with Crippen LogP contribution in [-0.4, -0.2) is 7.05 Å². The minimum absolute atomic E-state index is 0.0883. The molecule has 8 rings (SSSR count). The normalized spacial score (nSPS) is 13.2. The Hall–Kier alpha value is -6.64. The fourth-order valence-electron chi connectivity index (χ4n) is 8.91. The summed E-state index contributed by atoms with van der Waals surface area (Å²) in [6.07, 6.45) is 3.28. The third-order valence-electron chi connectivity index (χ3n) is 14.1. The van der Waals surface area contributed by atoms with Crippen molar-refractivity contribution >= 4 is 28.4 Å². The molecule has 3 unspecified atom stereocenters. The number of rotatable bonds is 15. The Morgan fingerprint density at radius 3 is 0.953 bits per heavy atom. The first-order valence-electron chi connectivity index (χ1n) is 23.4. The zero-order valence-electron chi connectivity index (χ0n) is 39.1. The van der Waals surface area contributed by atoms with E-state index in [0.29, 0.717) is 11.8 Å². The molecule has 0 amide bonds. The Morgan fingerprint density at radius 2 is 0.641 bits per heavy atom. The van der Waals surface area contributed by atoms with E-state index in [0.717, 1.165) is 36.3 Å². The van der Waals surface area contributed by atoms with Gasteiger partial charge in [-0.2, -0.15) is 0 Å². The first-order chi connectivity index (χ1) is 31.1. The Kier molecular flexibility index (Phi) is 13.3. The van der Waals surface area contributed by atoms with Crippen molar-refractivity contribution in [2.75, 3.05) is 16.8 Å². The van der Waals surface area contributed by atoms with E-state index in [1.165, 1.54) is 72.6 Å². The molecule has 0 aliphatic rings. The zero-order chi connectivity index (χ0) is 44.8. The smallest absolute Gasteiger partial charge is 0.0462 e. The van der Waals surface area contributed by atoms with E-state index in [1.807, 2.05) is 0 Å². The molecule has 2 nitrogen and oxygen atoms in total. The second-order valence-corrected chi connectivity index (χ2v) is 18.0. The standard InChI is InChI=1S/C62H64N2/c1-9-45(5)47-20-34-57(35-21-47)63(8)58-36-24-52(25-37-58)54-28-42-61(43-29-54)64(59-38-22-48(23-39-59)46(6)10-2)60-40-26-53(27-41-60)51-18-32-56(33-19-51)62(7,11-3)55-30-16-50(17-31-55)49-14-12-44(4)13-15-49/h12-43,45-46H,9-11H2,1-8H3. The van der Waals surface area contributed by atoms with Crippen LogP contribution in [0.25, 0.3) is 33.4 Å². The van der Waals surface area contributed by atoms with Gasteiger partial charge in [-0.15, -0.1) is 0 Å². The molecule has 3 atom stereocenters. The Bertz CT molecular complexity index is 2710. The van der Waals surface area contributed by atoms with Crippen molar-refractivity contribution in [2.24, 2.45) is 0 Å². The average Bonchev–Trinajstić information content (AvgIpc) is 3.36. The highest BCUT2D eigenvalue weighted by Crippen LogP contribution is 2.40. The predicted molar refractivity (Wildman–Crippen MR) is 277 cm³/mol.